The Morgan fingerprint density at radius 2 is 2.12 bits per heavy atom. The van der Waals surface area contributed by atoms with Gasteiger partial charge in [-0.3, -0.25) is 18.7 Å². The van der Waals surface area contributed by atoms with Crippen molar-refractivity contribution in [1.29, 1.82) is 0 Å². The number of aromatic amines is 1. The lowest BCUT2D eigenvalue weighted by Gasteiger charge is -2.02. The number of H-pyrrole nitrogens is 1. The fraction of sp³-hybridized carbons (Fsp3) is 0.133. The van der Waals surface area contributed by atoms with Gasteiger partial charge in [0.05, 0.1) is 12.1 Å². The number of nitrogens with zero attached hydrogens (tertiary/aromatic N) is 5. The van der Waals surface area contributed by atoms with Crippen LogP contribution in [0.25, 0.3) is 16.6 Å². The second-order valence-electron chi connectivity index (χ2n) is 5.27. The van der Waals surface area contributed by atoms with Crippen LogP contribution in [-0.4, -0.2) is 35.3 Å². The number of hydrogen-bond acceptors (Lipinski definition) is 5. The minimum absolute atomic E-state index is 0.133. The van der Waals surface area contributed by atoms with E-state index in [0.717, 1.165) is 10.9 Å². The van der Waals surface area contributed by atoms with E-state index in [1.807, 2.05) is 24.3 Å². The first-order valence-electron chi connectivity index (χ1n) is 7.26. The van der Waals surface area contributed by atoms with Crippen molar-refractivity contribution >= 4 is 22.5 Å². The Morgan fingerprint density at radius 3 is 3.00 bits per heavy atom. The van der Waals surface area contributed by atoms with Crippen LogP contribution < -0.4 is 10.9 Å². The van der Waals surface area contributed by atoms with Crippen LogP contribution in [0, 0.1) is 0 Å². The van der Waals surface area contributed by atoms with Crippen LogP contribution in [-0.2, 0) is 13.6 Å². The maximum absolute atomic E-state index is 12.5. The molecule has 1 amide bonds. The summed E-state index contributed by atoms with van der Waals surface area (Å²) in [5, 5.41) is 15.6. The van der Waals surface area contributed by atoms with Crippen molar-refractivity contribution in [2.45, 2.75) is 6.54 Å². The van der Waals surface area contributed by atoms with Gasteiger partial charge < -0.3 is 10.3 Å². The zero-order valence-corrected chi connectivity index (χ0v) is 12.7. The molecule has 1 aromatic carbocycles. The minimum Gasteiger partial charge on any atom is -0.343 e. The number of hydrogen-bond donors (Lipinski definition) is 2. The van der Waals surface area contributed by atoms with E-state index in [4.69, 9.17) is 0 Å². The molecule has 0 radical (unpaired) electrons. The van der Waals surface area contributed by atoms with Gasteiger partial charge in [-0.2, -0.15) is 5.10 Å². The van der Waals surface area contributed by atoms with E-state index >= 15 is 0 Å². The molecule has 4 aromatic rings. The number of para-hydroxylation sites is 1. The third-order valence-corrected chi connectivity index (χ3v) is 3.79. The van der Waals surface area contributed by atoms with Crippen LogP contribution in [0.5, 0.6) is 0 Å². The molecular formula is C15H13N7O2. The van der Waals surface area contributed by atoms with Gasteiger partial charge in [0, 0.05) is 24.8 Å². The molecule has 0 bridgehead atoms. The molecule has 2 N–H and O–H groups in total. The minimum atomic E-state index is -0.335. The van der Waals surface area contributed by atoms with Gasteiger partial charge in [0.25, 0.3) is 11.5 Å². The van der Waals surface area contributed by atoms with Gasteiger partial charge in [-0.05, 0) is 6.07 Å². The molecule has 9 heteroatoms. The molecule has 0 atom stereocenters. The zero-order chi connectivity index (χ0) is 16.7. The second kappa shape index (κ2) is 5.30. The Balaban J connectivity index is 1.62. The van der Waals surface area contributed by atoms with Gasteiger partial charge in [0.15, 0.2) is 11.5 Å². The Hall–Kier alpha value is -3.49. The van der Waals surface area contributed by atoms with Crippen LogP contribution >= 0.6 is 0 Å². The van der Waals surface area contributed by atoms with Crippen molar-refractivity contribution in [2.75, 3.05) is 0 Å². The highest BCUT2D eigenvalue weighted by Crippen LogP contribution is 2.17. The van der Waals surface area contributed by atoms with Crippen molar-refractivity contribution in [3.05, 3.63) is 58.5 Å². The molecular weight excluding hydrogens is 310 g/mol. The Kier molecular flexibility index (Phi) is 3.12. The summed E-state index contributed by atoms with van der Waals surface area (Å²) >= 11 is 0. The van der Waals surface area contributed by atoms with E-state index < -0.39 is 0 Å². The number of carbonyl (C=O) groups is 1. The lowest BCUT2D eigenvalue weighted by Crippen LogP contribution is -2.25. The van der Waals surface area contributed by atoms with Gasteiger partial charge >= 0.3 is 0 Å². The third-order valence-electron chi connectivity index (χ3n) is 3.79. The van der Waals surface area contributed by atoms with Gasteiger partial charge in [0.1, 0.15) is 0 Å². The molecule has 4 rings (SSSR count). The van der Waals surface area contributed by atoms with Crippen LogP contribution in [0.3, 0.4) is 0 Å². The SMILES string of the molecule is Cn1nc(C(=O)NCc2nnc3c(=O)[nH]ccn23)c2ccccc21. The lowest BCUT2D eigenvalue weighted by atomic mass is 10.2. The monoisotopic (exact) mass is 323 g/mol. The first-order chi connectivity index (χ1) is 11.6. The first-order valence-corrected chi connectivity index (χ1v) is 7.26. The number of rotatable bonds is 3. The quantitative estimate of drug-likeness (QED) is 0.561. The van der Waals surface area contributed by atoms with E-state index in [-0.39, 0.29) is 23.7 Å². The summed E-state index contributed by atoms with van der Waals surface area (Å²) < 4.78 is 3.20. The molecule has 0 aliphatic heterocycles. The fourth-order valence-electron chi connectivity index (χ4n) is 2.63. The molecule has 0 aliphatic carbocycles. The molecule has 0 saturated carbocycles. The molecule has 3 aromatic heterocycles. The Bertz CT molecular complexity index is 1120. The summed E-state index contributed by atoms with van der Waals surface area (Å²) in [5.41, 5.74) is 1.07. The summed E-state index contributed by atoms with van der Waals surface area (Å²) in [5.74, 6) is 0.151. The number of fused-ring (bicyclic) bond motifs is 2. The largest absolute Gasteiger partial charge is 0.343 e. The molecule has 24 heavy (non-hydrogen) atoms. The summed E-state index contributed by atoms with van der Waals surface area (Å²) in [6.45, 7) is 0.133. The Labute approximate surface area is 134 Å². The highest BCUT2D eigenvalue weighted by Gasteiger charge is 2.16. The fourth-order valence-corrected chi connectivity index (χ4v) is 2.63. The smallest absolute Gasteiger partial charge is 0.293 e. The van der Waals surface area contributed by atoms with Crippen LogP contribution in [0.4, 0.5) is 0 Å². The maximum Gasteiger partial charge on any atom is 0.293 e. The second-order valence-corrected chi connectivity index (χ2v) is 5.27. The topological polar surface area (TPSA) is 110 Å². The van der Waals surface area contributed by atoms with Gasteiger partial charge in [-0.15, -0.1) is 10.2 Å². The molecule has 0 fully saturated rings. The van der Waals surface area contributed by atoms with Crippen LogP contribution in [0.2, 0.25) is 0 Å². The van der Waals surface area contributed by atoms with Crippen LogP contribution in [0.1, 0.15) is 16.3 Å². The number of nitrogens with one attached hydrogen (secondary N) is 2. The molecule has 0 spiro atoms. The van der Waals surface area contributed by atoms with E-state index in [2.05, 4.69) is 25.6 Å². The molecule has 0 saturated heterocycles. The molecule has 120 valence electrons. The molecule has 9 nitrogen and oxygen atoms in total. The standard InChI is InChI=1S/C15H13N7O2/c1-21-10-5-3-2-4-9(10)12(20-21)14(23)17-8-11-18-19-13-15(24)16-6-7-22(11)13/h2-7H,8H2,1H3,(H,16,24)(H,17,23). The van der Waals surface area contributed by atoms with E-state index in [9.17, 15) is 9.59 Å². The van der Waals surface area contributed by atoms with Crippen molar-refractivity contribution in [3.63, 3.8) is 0 Å². The van der Waals surface area contributed by atoms with Gasteiger partial charge in [0.2, 0.25) is 5.65 Å². The normalized spacial score (nSPS) is 11.2. The van der Waals surface area contributed by atoms with E-state index in [0.29, 0.717) is 11.5 Å². The van der Waals surface area contributed by atoms with Crippen LogP contribution in [0.15, 0.2) is 41.5 Å². The zero-order valence-electron chi connectivity index (χ0n) is 12.7. The summed E-state index contributed by atoms with van der Waals surface area (Å²) in [6, 6.07) is 7.51. The summed E-state index contributed by atoms with van der Waals surface area (Å²) in [7, 11) is 1.79. The van der Waals surface area contributed by atoms with E-state index in [1.165, 1.54) is 10.6 Å². The maximum atomic E-state index is 12.5. The number of aromatic nitrogens is 6. The number of amides is 1. The summed E-state index contributed by atoms with van der Waals surface area (Å²) in [4.78, 5) is 26.6. The van der Waals surface area contributed by atoms with Gasteiger partial charge in [-0.1, -0.05) is 18.2 Å². The number of carbonyl (C=O) groups excluding carboxylic acids is 1. The van der Waals surface area contributed by atoms with Crippen molar-refractivity contribution in [3.8, 4) is 0 Å². The predicted molar refractivity (Wildman–Crippen MR) is 85.5 cm³/mol. The predicted octanol–water partition coefficient (Wildman–Crippen LogP) is 0.234. The summed E-state index contributed by atoms with van der Waals surface area (Å²) in [6.07, 6.45) is 3.13. The Morgan fingerprint density at radius 1 is 1.29 bits per heavy atom. The lowest BCUT2D eigenvalue weighted by molar-refractivity contribution is 0.0945. The van der Waals surface area contributed by atoms with Gasteiger partial charge in [-0.25, -0.2) is 0 Å². The molecule has 0 unspecified atom stereocenters. The average Bonchev–Trinajstić information content (AvgIpc) is 3.16. The average molecular weight is 323 g/mol. The third kappa shape index (κ3) is 2.14. The van der Waals surface area contributed by atoms with Crippen molar-refractivity contribution in [1.82, 2.24) is 34.7 Å². The molecule has 0 aliphatic rings. The highest BCUT2D eigenvalue weighted by atomic mass is 16.2. The highest BCUT2D eigenvalue weighted by molar-refractivity contribution is 6.04. The van der Waals surface area contributed by atoms with Crippen molar-refractivity contribution in [2.24, 2.45) is 7.05 Å². The molecule has 3 heterocycles. The van der Waals surface area contributed by atoms with E-state index in [1.54, 1.807) is 17.9 Å². The first kappa shape index (κ1) is 14.1. The number of aryl methyl sites for hydroxylation is 1. The number of benzene rings is 1. The van der Waals surface area contributed by atoms with Crippen molar-refractivity contribution < 1.29 is 4.79 Å².